The molecule has 0 N–H and O–H groups in total. The Hall–Kier alpha value is 2.29. The first-order valence-electron chi connectivity index (χ1n) is 0.730. The van der Waals surface area contributed by atoms with Gasteiger partial charge in [0.25, 0.3) is 0 Å². The molecule has 7 heteroatoms. The number of hydrogen-bond donors (Lipinski definition) is 0. The molecule has 0 saturated carbocycles. The van der Waals surface area contributed by atoms with Gasteiger partial charge >= 0.3 is 88.3 Å². The van der Waals surface area contributed by atoms with Crippen molar-refractivity contribution in [1.29, 1.82) is 0 Å². The third-order valence-electron chi connectivity index (χ3n) is 0. The van der Waals surface area contributed by atoms with Crippen LogP contribution in [0.15, 0.2) is 0 Å². The summed E-state index contributed by atoms with van der Waals surface area (Å²) in [5.74, 6) is 0. The molecular formula is AlCaO4Sb+2. The standard InChI is InChI=1S/Al.Ca.4O.Sb/q+3;+2;;3*-1;. The molecule has 0 rings (SSSR count). The first-order chi connectivity index (χ1) is 2.00. The Morgan fingerprint density at radius 2 is 1.14 bits per heavy atom. The number of hydrogen-bond acceptors (Lipinski definition) is 4. The normalized spacial score (nSPS) is 8.43. The molecule has 0 fully saturated rings. The average Bonchev–Trinajstić information content (AvgIpc) is 0.722. The summed E-state index contributed by atoms with van der Waals surface area (Å²) in [5.41, 5.74) is 0. The summed E-state index contributed by atoms with van der Waals surface area (Å²) >= 11 is -6.10. The van der Waals surface area contributed by atoms with Crippen LogP contribution in [0.1, 0.15) is 0 Å². The Kier molecular flexibility index (Phi) is 14.8. The fraction of sp³-hybridized carbons (Fsp3) is 0. The van der Waals surface area contributed by atoms with Crippen LogP contribution in [0.4, 0.5) is 0 Å². The average molecular weight is 253 g/mol. The predicted molar refractivity (Wildman–Crippen MR) is 17.9 cm³/mol. The molecule has 0 aliphatic carbocycles. The summed E-state index contributed by atoms with van der Waals surface area (Å²) in [6.07, 6.45) is 0. The quantitative estimate of drug-likeness (QED) is 0.405. The van der Waals surface area contributed by atoms with Gasteiger partial charge in [-0.25, -0.2) is 0 Å². The van der Waals surface area contributed by atoms with E-state index in [2.05, 4.69) is 0 Å². The fourth-order valence-electron chi connectivity index (χ4n) is 0. The zero-order chi connectivity index (χ0) is 4.50. The summed E-state index contributed by atoms with van der Waals surface area (Å²) in [5, 5.41) is 0. The van der Waals surface area contributed by atoms with E-state index in [0.717, 1.165) is 0 Å². The van der Waals surface area contributed by atoms with E-state index in [9.17, 15) is 0 Å². The third kappa shape index (κ3) is 62.5. The monoisotopic (exact) mass is 252 g/mol. The molecule has 0 spiro atoms. The van der Waals surface area contributed by atoms with E-state index in [4.69, 9.17) is 13.2 Å². The predicted octanol–water partition coefficient (Wildman–Crippen LogP) is -4.83. The van der Waals surface area contributed by atoms with Gasteiger partial charge < -0.3 is 0 Å². The van der Waals surface area contributed by atoms with Crippen molar-refractivity contribution < 1.29 is 13.2 Å². The third-order valence-corrected chi connectivity index (χ3v) is 0. The minimum atomic E-state index is -6.10. The Balaban J connectivity index is -0.0000000800. The van der Waals surface area contributed by atoms with E-state index < -0.39 is 20.1 Å². The Morgan fingerprint density at radius 1 is 1.14 bits per heavy atom. The molecule has 0 heterocycles. The minimum absolute atomic E-state index is 0. The van der Waals surface area contributed by atoms with Crippen molar-refractivity contribution in [3.63, 3.8) is 0 Å². The molecule has 7 heavy (non-hydrogen) atoms. The SMILES string of the molecule is [Al+3].[Ca+2].[O]=[Sb]([O-])([O-])[O-]. The Labute approximate surface area is 86.7 Å². The van der Waals surface area contributed by atoms with E-state index in [1.54, 1.807) is 0 Å². The van der Waals surface area contributed by atoms with Crippen molar-refractivity contribution >= 4 is 75.2 Å². The molecule has 0 radical (unpaired) electrons. The van der Waals surface area contributed by atoms with Gasteiger partial charge in [-0.1, -0.05) is 0 Å². The van der Waals surface area contributed by atoms with Crippen LogP contribution in [0.2, 0.25) is 0 Å². The van der Waals surface area contributed by atoms with Crippen LogP contribution in [0.3, 0.4) is 0 Å². The molecule has 0 amide bonds. The summed E-state index contributed by atoms with van der Waals surface area (Å²) in [7, 11) is 0. The van der Waals surface area contributed by atoms with Crippen LogP contribution in [0.5, 0.6) is 0 Å². The molecular weight excluding hydrogens is 253 g/mol. The van der Waals surface area contributed by atoms with Crippen molar-refractivity contribution in [1.82, 2.24) is 0 Å². The van der Waals surface area contributed by atoms with Crippen LogP contribution >= 0.6 is 0 Å². The second-order valence-electron chi connectivity index (χ2n) is 0.447. The number of rotatable bonds is 0. The van der Waals surface area contributed by atoms with Gasteiger partial charge in [0.05, 0.1) is 0 Å². The maximum absolute atomic E-state index is 8.64. The van der Waals surface area contributed by atoms with Crippen LogP contribution in [-0.4, -0.2) is 75.2 Å². The Bertz CT molecular complexity index is 57.8. The van der Waals surface area contributed by atoms with Gasteiger partial charge in [0.15, 0.2) is 0 Å². The van der Waals surface area contributed by atoms with Crippen molar-refractivity contribution in [3.8, 4) is 0 Å². The van der Waals surface area contributed by atoms with Gasteiger partial charge in [-0.05, 0) is 0 Å². The molecule has 0 aliphatic heterocycles. The zero-order valence-corrected chi connectivity index (χ0v) is 9.28. The van der Waals surface area contributed by atoms with Crippen molar-refractivity contribution in [2.75, 3.05) is 0 Å². The molecule has 0 atom stereocenters. The molecule has 0 bridgehead atoms. The summed E-state index contributed by atoms with van der Waals surface area (Å²) in [4.78, 5) is 0. The van der Waals surface area contributed by atoms with Crippen molar-refractivity contribution in [2.45, 2.75) is 0 Å². The van der Waals surface area contributed by atoms with E-state index in [1.807, 2.05) is 0 Å². The molecule has 0 saturated heterocycles. The summed E-state index contributed by atoms with van der Waals surface area (Å²) in [6.45, 7) is 0. The van der Waals surface area contributed by atoms with Crippen LogP contribution in [-0.2, 0) is 3.02 Å². The van der Waals surface area contributed by atoms with Gasteiger partial charge in [0.1, 0.15) is 0 Å². The van der Waals surface area contributed by atoms with Crippen LogP contribution in [0.25, 0.3) is 0 Å². The van der Waals surface area contributed by atoms with Crippen molar-refractivity contribution in [3.05, 3.63) is 0 Å². The van der Waals surface area contributed by atoms with Crippen LogP contribution < -0.4 is 10.2 Å². The van der Waals surface area contributed by atoms with E-state index in [-0.39, 0.29) is 55.1 Å². The summed E-state index contributed by atoms with van der Waals surface area (Å²) < 4.78 is 34.6. The molecule has 0 aromatic rings. The van der Waals surface area contributed by atoms with Gasteiger partial charge in [-0.15, -0.1) is 0 Å². The second kappa shape index (κ2) is 6.41. The summed E-state index contributed by atoms with van der Waals surface area (Å²) in [6, 6.07) is 0. The molecule has 32 valence electrons. The maximum atomic E-state index is 8.64. The van der Waals surface area contributed by atoms with Gasteiger partial charge in [0, 0.05) is 0 Å². The zero-order valence-electron chi connectivity index (χ0n) is 3.36. The fourth-order valence-corrected chi connectivity index (χ4v) is 0. The van der Waals surface area contributed by atoms with E-state index in [0.29, 0.717) is 0 Å². The molecule has 0 aromatic carbocycles. The van der Waals surface area contributed by atoms with E-state index >= 15 is 0 Å². The van der Waals surface area contributed by atoms with Crippen LogP contribution in [0, 0.1) is 0 Å². The molecule has 0 aromatic heterocycles. The first-order valence-corrected chi connectivity index (χ1v) is 4.90. The topological polar surface area (TPSA) is 86.2 Å². The Morgan fingerprint density at radius 3 is 1.14 bits per heavy atom. The second-order valence-corrected chi connectivity index (χ2v) is 3.00. The molecule has 0 unspecified atom stereocenters. The molecule has 4 nitrogen and oxygen atoms in total. The van der Waals surface area contributed by atoms with Gasteiger partial charge in [-0.3, -0.25) is 0 Å². The van der Waals surface area contributed by atoms with Crippen molar-refractivity contribution in [2.24, 2.45) is 0 Å². The molecule has 0 aliphatic rings. The van der Waals surface area contributed by atoms with E-state index in [1.165, 1.54) is 0 Å². The van der Waals surface area contributed by atoms with Gasteiger partial charge in [-0.2, -0.15) is 0 Å². The van der Waals surface area contributed by atoms with Gasteiger partial charge in [0.2, 0.25) is 0 Å². The first kappa shape index (κ1) is 16.1.